The Balaban J connectivity index is 1.44. The molecule has 4 aromatic rings. The fourth-order valence-corrected chi connectivity index (χ4v) is 4.47. The third kappa shape index (κ3) is 4.67. The molecule has 2 heterocycles. The smallest absolute Gasteiger partial charge is 0.261 e. The van der Waals surface area contributed by atoms with E-state index in [1.807, 2.05) is 54.9 Å². The Morgan fingerprint density at radius 2 is 1.71 bits per heavy atom. The van der Waals surface area contributed by atoms with Gasteiger partial charge in [-0.15, -0.1) is 11.3 Å². The van der Waals surface area contributed by atoms with Crippen LogP contribution >= 0.6 is 11.3 Å². The van der Waals surface area contributed by atoms with Gasteiger partial charge in [-0.2, -0.15) is 5.10 Å². The van der Waals surface area contributed by atoms with E-state index in [9.17, 15) is 9.59 Å². The van der Waals surface area contributed by atoms with Crippen molar-refractivity contribution in [1.82, 2.24) is 20.4 Å². The van der Waals surface area contributed by atoms with Crippen molar-refractivity contribution in [2.75, 3.05) is 6.54 Å². The molecule has 2 aromatic carbocycles. The average molecular weight is 433 g/mol. The zero-order valence-electron chi connectivity index (χ0n) is 17.5. The molecule has 0 aliphatic rings. The van der Waals surface area contributed by atoms with Crippen LogP contribution in [0.25, 0.3) is 10.2 Å². The summed E-state index contributed by atoms with van der Waals surface area (Å²) in [7, 11) is 0. The molecule has 0 saturated carbocycles. The van der Waals surface area contributed by atoms with Crippen LogP contribution in [0.5, 0.6) is 0 Å². The molecule has 0 bridgehead atoms. The van der Waals surface area contributed by atoms with Gasteiger partial charge in [0.1, 0.15) is 4.83 Å². The van der Waals surface area contributed by atoms with E-state index in [0.29, 0.717) is 30.1 Å². The summed E-state index contributed by atoms with van der Waals surface area (Å²) in [6.07, 6.45) is 0. The lowest BCUT2D eigenvalue weighted by atomic mass is 10.1. The highest BCUT2D eigenvalue weighted by Gasteiger charge is 2.16. The van der Waals surface area contributed by atoms with E-state index in [4.69, 9.17) is 0 Å². The fourth-order valence-electron chi connectivity index (χ4n) is 3.39. The molecule has 0 fully saturated rings. The SMILES string of the molecule is CCNC(=O)c1ccc(CNC(=O)c2cc3c(C)nn(Cc4ccccc4)c3s2)cc1. The molecular weight excluding hydrogens is 408 g/mol. The van der Waals surface area contributed by atoms with Crippen molar-refractivity contribution in [2.24, 2.45) is 0 Å². The van der Waals surface area contributed by atoms with Gasteiger partial charge >= 0.3 is 0 Å². The number of hydrogen-bond acceptors (Lipinski definition) is 4. The first-order chi connectivity index (χ1) is 15.0. The van der Waals surface area contributed by atoms with Crippen LogP contribution in [0.2, 0.25) is 0 Å². The van der Waals surface area contributed by atoms with Crippen LogP contribution in [0.15, 0.2) is 60.7 Å². The summed E-state index contributed by atoms with van der Waals surface area (Å²) >= 11 is 1.45. The standard InChI is InChI=1S/C24H24N4O2S/c1-3-25-22(29)19-11-9-17(10-12-19)14-26-23(30)21-13-20-16(2)27-28(24(20)31-21)15-18-7-5-4-6-8-18/h4-13H,3,14-15H2,1-2H3,(H,25,29)(H,26,30). The lowest BCUT2D eigenvalue weighted by molar-refractivity contribution is 0.0946. The van der Waals surface area contributed by atoms with Crippen LogP contribution in [-0.2, 0) is 13.1 Å². The normalized spacial score (nSPS) is 10.9. The predicted molar refractivity (Wildman–Crippen MR) is 124 cm³/mol. The van der Waals surface area contributed by atoms with Crippen LogP contribution in [0, 0.1) is 6.92 Å². The Bertz CT molecular complexity index is 1210. The second-order valence-corrected chi connectivity index (χ2v) is 8.33. The number of amides is 2. The second kappa shape index (κ2) is 9.14. The number of rotatable bonds is 7. The van der Waals surface area contributed by atoms with Gasteiger partial charge in [-0.3, -0.25) is 14.3 Å². The van der Waals surface area contributed by atoms with Gasteiger partial charge in [0.25, 0.3) is 11.8 Å². The number of benzene rings is 2. The summed E-state index contributed by atoms with van der Waals surface area (Å²) in [6, 6.07) is 19.3. The molecule has 0 unspecified atom stereocenters. The monoisotopic (exact) mass is 432 g/mol. The highest BCUT2D eigenvalue weighted by atomic mass is 32.1. The van der Waals surface area contributed by atoms with Crippen molar-refractivity contribution in [2.45, 2.75) is 26.9 Å². The molecule has 0 atom stereocenters. The van der Waals surface area contributed by atoms with Crippen LogP contribution in [0.1, 0.15) is 43.8 Å². The molecule has 0 radical (unpaired) electrons. The van der Waals surface area contributed by atoms with Crippen molar-refractivity contribution in [3.63, 3.8) is 0 Å². The van der Waals surface area contributed by atoms with Crippen molar-refractivity contribution in [3.8, 4) is 0 Å². The summed E-state index contributed by atoms with van der Waals surface area (Å²) in [5.41, 5.74) is 3.64. The van der Waals surface area contributed by atoms with E-state index >= 15 is 0 Å². The molecular formula is C24H24N4O2S. The molecule has 0 spiro atoms. The quantitative estimate of drug-likeness (QED) is 0.461. The highest BCUT2D eigenvalue weighted by Crippen LogP contribution is 2.29. The molecule has 158 valence electrons. The zero-order chi connectivity index (χ0) is 21.8. The second-order valence-electron chi connectivity index (χ2n) is 7.30. The molecule has 2 aromatic heterocycles. The van der Waals surface area contributed by atoms with Crippen molar-refractivity contribution in [1.29, 1.82) is 0 Å². The first kappa shape index (κ1) is 20.8. The Kier molecular flexibility index (Phi) is 6.13. The Morgan fingerprint density at radius 3 is 2.42 bits per heavy atom. The summed E-state index contributed by atoms with van der Waals surface area (Å²) in [5, 5.41) is 11.4. The lowest BCUT2D eigenvalue weighted by Crippen LogP contribution is -2.23. The maximum absolute atomic E-state index is 12.7. The van der Waals surface area contributed by atoms with E-state index in [1.54, 1.807) is 12.1 Å². The van der Waals surface area contributed by atoms with Crippen LogP contribution in [0.3, 0.4) is 0 Å². The topological polar surface area (TPSA) is 76.0 Å². The fraction of sp³-hybridized carbons (Fsp3) is 0.208. The maximum Gasteiger partial charge on any atom is 0.261 e. The first-order valence-electron chi connectivity index (χ1n) is 10.2. The molecule has 2 amide bonds. The van der Waals surface area contributed by atoms with Crippen molar-refractivity contribution in [3.05, 3.63) is 87.9 Å². The lowest BCUT2D eigenvalue weighted by Gasteiger charge is -2.06. The molecule has 0 aliphatic carbocycles. The van der Waals surface area contributed by atoms with Gasteiger partial charge in [-0.05, 0) is 43.2 Å². The number of nitrogens with one attached hydrogen (secondary N) is 2. The number of fused-ring (bicyclic) bond motifs is 1. The maximum atomic E-state index is 12.7. The van der Waals surface area contributed by atoms with Gasteiger partial charge in [-0.1, -0.05) is 42.5 Å². The number of aromatic nitrogens is 2. The average Bonchev–Trinajstić information content (AvgIpc) is 3.35. The van der Waals surface area contributed by atoms with E-state index in [0.717, 1.165) is 21.5 Å². The summed E-state index contributed by atoms with van der Waals surface area (Å²) in [6.45, 7) is 5.52. The van der Waals surface area contributed by atoms with E-state index < -0.39 is 0 Å². The van der Waals surface area contributed by atoms with Gasteiger partial charge in [0, 0.05) is 24.0 Å². The first-order valence-corrected chi connectivity index (χ1v) is 11.0. The Labute approximate surface area is 184 Å². The number of carbonyl (C=O) groups is 2. The van der Waals surface area contributed by atoms with E-state index in [2.05, 4.69) is 27.9 Å². The molecule has 7 heteroatoms. The van der Waals surface area contributed by atoms with Gasteiger partial charge in [0.15, 0.2) is 0 Å². The number of aryl methyl sites for hydroxylation is 1. The van der Waals surface area contributed by atoms with E-state index in [-0.39, 0.29) is 11.8 Å². The largest absolute Gasteiger partial charge is 0.352 e. The number of carbonyl (C=O) groups excluding carboxylic acids is 2. The minimum Gasteiger partial charge on any atom is -0.352 e. The van der Waals surface area contributed by atoms with Gasteiger partial charge in [-0.25, -0.2) is 0 Å². The number of hydrogen-bond donors (Lipinski definition) is 2. The summed E-state index contributed by atoms with van der Waals surface area (Å²) in [5.74, 6) is -0.206. The minimum absolute atomic E-state index is 0.0942. The molecule has 4 rings (SSSR count). The summed E-state index contributed by atoms with van der Waals surface area (Å²) < 4.78 is 1.96. The third-order valence-corrected chi connectivity index (χ3v) is 6.16. The van der Waals surface area contributed by atoms with Crippen LogP contribution < -0.4 is 10.6 Å². The summed E-state index contributed by atoms with van der Waals surface area (Å²) in [4.78, 5) is 26.2. The van der Waals surface area contributed by atoms with Gasteiger partial charge in [0.05, 0.1) is 17.1 Å². The van der Waals surface area contributed by atoms with E-state index in [1.165, 1.54) is 16.9 Å². The van der Waals surface area contributed by atoms with Crippen LogP contribution in [0.4, 0.5) is 0 Å². The van der Waals surface area contributed by atoms with Crippen molar-refractivity contribution >= 4 is 33.4 Å². The third-order valence-electron chi connectivity index (χ3n) is 5.01. The Morgan fingerprint density at radius 1 is 0.968 bits per heavy atom. The van der Waals surface area contributed by atoms with Gasteiger partial charge in [0.2, 0.25) is 0 Å². The highest BCUT2D eigenvalue weighted by molar-refractivity contribution is 7.20. The molecule has 2 N–H and O–H groups in total. The van der Waals surface area contributed by atoms with Gasteiger partial charge < -0.3 is 10.6 Å². The zero-order valence-corrected chi connectivity index (χ0v) is 18.3. The molecule has 31 heavy (non-hydrogen) atoms. The number of thiophene rings is 1. The number of nitrogens with zero attached hydrogens (tertiary/aromatic N) is 2. The molecule has 6 nitrogen and oxygen atoms in total. The van der Waals surface area contributed by atoms with Crippen molar-refractivity contribution < 1.29 is 9.59 Å². The Hall–Kier alpha value is -3.45. The molecule has 0 aliphatic heterocycles. The minimum atomic E-state index is -0.111. The van der Waals surface area contributed by atoms with Crippen LogP contribution in [-0.4, -0.2) is 28.1 Å². The molecule has 0 saturated heterocycles. The predicted octanol–water partition coefficient (Wildman–Crippen LogP) is 4.13.